The lowest BCUT2D eigenvalue weighted by Crippen LogP contribution is -2.11. The molecule has 0 atom stereocenters. The largest absolute Gasteiger partial charge is 0.439 e. The fraction of sp³-hybridized carbons (Fsp3) is 0.0909. The Morgan fingerprint density at radius 1 is 1.19 bits per heavy atom. The molecule has 0 bridgehead atoms. The van der Waals surface area contributed by atoms with E-state index in [-0.39, 0.29) is 11.4 Å². The summed E-state index contributed by atoms with van der Waals surface area (Å²) >= 11 is 0. The SMILES string of the molecule is Nc1nc(Oc2ccc([N+](=O)[O-])cc2)cc(C(F)(F)F)n1. The van der Waals surface area contributed by atoms with Crippen molar-refractivity contribution in [1.82, 2.24) is 9.97 Å². The second kappa shape index (κ2) is 5.23. The average molecular weight is 300 g/mol. The molecule has 21 heavy (non-hydrogen) atoms. The summed E-state index contributed by atoms with van der Waals surface area (Å²) < 4.78 is 42.7. The first-order chi connectivity index (χ1) is 9.75. The van der Waals surface area contributed by atoms with Crippen molar-refractivity contribution in [2.24, 2.45) is 0 Å². The molecular formula is C11H7F3N4O3. The number of non-ortho nitro benzene ring substituents is 1. The number of alkyl halides is 3. The van der Waals surface area contributed by atoms with Crippen molar-refractivity contribution in [1.29, 1.82) is 0 Å². The summed E-state index contributed by atoms with van der Waals surface area (Å²) in [6.45, 7) is 0. The molecule has 0 saturated heterocycles. The van der Waals surface area contributed by atoms with Crippen molar-refractivity contribution in [3.8, 4) is 11.6 Å². The number of nitrogen functional groups attached to an aromatic ring is 1. The molecule has 110 valence electrons. The highest BCUT2D eigenvalue weighted by Gasteiger charge is 2.33. The number of rotatable bonds is 3. The second-order valence-corrected chi connectivity index (χ2v) is 3.80. The second-order valence-electron chi connectivity index (χ2n) is 3.80. The fourth-order valence-corrected chi connectivity index (χ4v) is 1.40. The van der Waals surface area contributed by atoms with Gasteiger partial charge in [0, 0.05) is 18.2 Å². The lowest BCUT2D eigenvalue weighted by molar-refractivity contribution is -0.384. The van der Waals surface area contributed by atoms with Crippen LogP contribution in [0.4, 0.5) is 24.8 Å². The van der Waals surface area contributed by atoms with E-state index >= 15 is 0 Å². The third-order valence-corrected chi connectivity index (χ3v) is 2.28. The molecule has 0 amide bonds. The van der Waals surface area contributed by atoms with Gasteiger partial charge in [0.05, 0.1) is 4.92 Å². The first-order valence-electron chi connectivity index (χ1n) is 5.40. The van der Waals surface area contributed by atoms with Gasteiger partial charge in [0.15, 0.2) is 5.69 Å². The number of hydrogen-bond acceptors (Lipinski definition) is 6. The number of benzene rings is 1. The van der Waals surface area contributed by atoms with E-state index in [9.17, 15) is 23.3 Å². The topological polar surface area (TPSA) is 104 Å². The summed E-state index contributed by atoms with van der Waals surface area (Å²) in [6.07, 6.45) is -4.69. The van der Waals surface area contributed by atoms with E-state index in [0.29, 0.717) is 6.07 Å². The molecule has 0 saturated carbocycles. The molecule has 1 aromatic carbocycles. The van der Waals surface area contributed by atoms with Crippen LogP contribution in [0, 0.1) is 10.1 Å². The summed E-state index contributed by atoms with van der Waals surface area (Å²) in [5, 5.41) is 10.5. The highest BCUT2D eigenvalue weighted by Crippen LogP contribution is 2.31. The lowest BCUT2D eigenvalue weighted by Gasteiger charge is -2.09. The van der Waals surface area contributed by atoms with Gasteiger partial charge in [0.25, 0.3) is 5.69 Å². The van der Waals surface area contributed by atoms with Crippen LogP contribution in [0.15, 0.2) is 30.3 Å². The van der Waals surface area contributed by atoms with E-state index < -0.39 is 28.6 Å². The summed E-state index contributed by atoms with van der Waals surface area (Å²) in [6, 6.07) is 5.32. The molecule has 0 aliphatic carbocycles. The Bertz CT molecular complexity index is 673. The van der Waals surface area contributed by atoms with E-state index in [0.717, 1.165) is 12.1 Å². The molecule has 0 aliphatic heterocycles. The van der Waals surface area contributed by atoms with Gasteiger partial charge in [-0.15, -0.1) is 0 Å². The van der Waals surface area contributed by atoms with Gasteiger partial charge >= 0.3 is 6.18 Å². The normalized spacial score (nSPS) is 11.2. The maximum atomic E-state index is 12.6. The van der Waals surface area contributed by atoms with Crippen LogP contribution in [-0.4, -0.2) is 14.9 Å². The van der Waals surface area contributed by atoms with Gasteiger partial charge in [-0.3, -0.25) is 10.1 Å². The van der Waals surface area contributed by atoms with E-state index in [1.165, 1.54) is 12.1 Å². The molecule has 2 aromatic rings. The van der Waals surface area contributed by atoms with Gasteiger partial charge < -0.3 is 10.5 Å². The predicted octanol–water partition coefficient (Wildman–Crippen LogP) is 2.78. The lowest BCUT2D eigenvalue weighted by atomic mass is 10.3. The molecule has 10 heteroatoms. The van der Waals surface area contributed by atoms with Crippen LogP contribution in [0.25, 0.3) is 0 Å². The van der Waals surface area contributed by atoms with Gasteiger partial charge in [-0.25, -0.2) is 4.98 Å². The first kappa shape index (κ1) is 14.5. The number of anilines is 1. The molecular weight excluding hydrogens is 293 g/mol. The fourth-order valence-electron chi connectivity index (χ4n) is 1.40. The highest BCUT2D eigenvalue weighted by molar-refractivity contribution is 5.38. The minimum atomic E-state index is -4.69. The van der Waals surface area contributed by atoms with E-state index in [2.05, 4.69) is 9.97 Å². The predicted molar refractivity (Wildman–Crippen MR) is 64.6 cm³/mol. The van der Waals surface area contributed by atoms with Gasteiger partial charge in [-0.2, -0.15) is 18.2 Å². The zero-order valence-corrected chi connectivity index (χ0v) is 10.2. The maximum Gasteiger partial charge on any atom is 0.433 e. The van der Waals surface area contributed by atoms with Gasteiger partial charge in [0.1, 0.15) is 5.75 Å². The minimum Gasteiger partial charge on any atom is -0.439 e. The number of ether oxygens (including phenoxy) is 1. The number of halogens is 3. The monoisotopic (exact) mass is 300 g/mol. The number of nitrogens with zero attached hydrogens (tertiary/aromatic N) is 3. The molecule has 0 fully saturated rings. The Hall–Kier alpha value is -2.91. The summed E-state index contributed by atoms with van der Waals surface area (Å²) in [4.78, 5) is 16.4. The van der Waals surface area contributed by atoms with E-state index in [1.54, 1.807) is 0 Å². The minimum absolute atomic E-state index is 0.0758. The quantitative estimate of drug-likeness (QED) is 0.690. The first-order valence-corrected chi connectivity index (χ1v) is 5.40. The number of nitro groups is 1. The number of nitrogens with two attached hydrogens (primary N) is 1. The Morgan fingerprint density at radius 3 is 2.33 bits per heavy atom. The van der Waals surface area contributed by atoms with Crippen molar-refractivity contribution in [3.05, 3.63) is 46.1 Å². The molecule has 0 radical (unpaired) electrons. The molecule has 1 heterocycles. The average Bonchev–Trinajstić information content (AvgIpc) is 2.37. The Kier molecular flexibility index (Phi) is 3.61. The summed E-state index contributed by atoms with van der Waals surface area (Å²) in [5.74, 6) is -0.933. The molecule has 0 aliphatic rings. The molecule has 2 N–H and O–H groups in total. The maximum absolute atomic E-state index is 12.6. The molecule has 2 rings (SSSR count). The van der Waals surface area contributed by atoms with Crippen molar-refractivity contribution in [2.45, 2.75) is 6.18 Å². The van der Waals surface area contributed by atoms with Crippen LogP contribution in [0.3, 0.4) is 0 Å². The van der Waals surface area contributed by atoms with E-state index in [4.69, 9.17) is 10.5 Å². The van der Waals surface area contributed by atoms with Gasteiger partial charge in [-0.1, -0.05) is 0 Å². The van der Waals surface area contributed by atoms with Crippen molar-refractivity contribution in [2.75, 3.05) is 5.73 Å². The summed E-state index contributed by atoms with van der Waals surface area (Å²) in [7, 11) is 0. The van der Waals surface area contributed by atoms with Gasteiger partial charge in [-0.05, 0) is 12.1 Å². The number of nitro benzene ring substituents is 1. The zero-order chi connectivity index (χ0) is 15.6. The third-order valence-electron chi connectivity index (χ3n) is 2.28. The summed E-state index contributed by atoms with van der Waals surface area (Å²) in [5.41, 5.74) is 3.76. The van der Waals surface area contributed by atoms with Crippen LogP contribution < -0.4 is 10.5 Å². The zero-order valence-electron chi connectivity index (χ0n) is 10.2. The van der Waals surface area contributed by atoms with Crippen LogP contribution in [0.5, 0.6) is 11.6 Å². The number of aromatic nitrogens is 2. The highest BCUT2D eigenvalue weighted by atomic mass is 19.4. The number of hydrogen-bond donors (Lipinski definition) is 1. The van der Waals surface area contributed by atoms with E-state index in [1.807, 2.05) is 0 Å². The standard InChI is InChI=1S/C11H7F3N4O3/c12-11(13,14)8-5-9(17-10(15)16-8)21-7-3-1-6(2-4-7)18(19)20/h1-5H,(H2,15,16,17). The molecule has 0 spiro atoms. The third kappa shape index (κ3) is 3.55. The van der Waals surface area contributed by atoms with Crippen LogP contribution >= 0.6 is 0 Å². The van der Waals surface area contributed by atoms with Crippen molar-refractivity contribution < 1.29 is 22.8 Å². The molecule has 7 nitrogen and oxygen atoms in total. The van der Waals surface area contributed by atoms with Crippen LogP contribution in [-0.2, 0) is 6.18 Å². The smallest absolute Gasteiger partial charge is 0.433 e. The van der Waals surface area contributed by atoms with Crippen molar-refractivity contribution in [3.63, 3.8) is 0 Å². The van der Waals surface area contributed by atoms with Crippen molar-refractivity contribution >= 4 is 11.6 Å². The van der Waals surface area contributed by atoms with Crippen LogP contribution in [0.2, 0.25) is 0 Å². The molecule has 1 aromatic heterocycles. The Balaban J connectivity index is 2.27. The van der Waals surface area contributed by atoms with Crippen LogP contribution in [0.1, 0.15) is 5.69 Å². The molecule has 0 unspecified atom stereocenters. The Morgan fingerprint density at radius 2 is 1.81 bits per heavy atom. The Labute approximate surface area is 115 Å². The van der Waals surface area contributed by atoms with Gasteiger partial charge in [0.2, 0.25) is 11.8 Å².